The van der Waals surface area contributed by atoms with Crippen LogP contribution < -0.4 is 9.64 Å². The maximum atomic E-state index is 12.9. The molecule has 4 rings (SSSR count). The van der Waals surface area contributed by atoms with Crippen molar-refractivity contribution in [1.82, 2.24) is 14.8 Å². The Morgan fingerprint density at radius 2 is 1.76 bits per heavy atom. The Bertz CT molecular complexity index is 799. The zero-order chi connectivity index (χ0) is 20.1. The van der Waals surface area contributed by atoms with Gasteiger partial charge in [-0.2, -0.15) is 0 Å². The van der Waals surface area contributed by atoms with E-state index < -0.39 is 0 Å². The third kappa shape index (κ3) is 5.45. The average molecular weight is 419 g/mol. The van der Waals surface area contributed by atoms with Crippen molar-refractivity contribution in [3.8, 4) is 5.75 Å². The van der Waals surface area contributed by atoms with Crippen molar-refractivity contribution in [1.29, 1.82) is 0 Å². The lowest BCUT2D eigenvalue weighted by Crippen LogP contribution is -2.50. The summed E-state index contributed by atoms with van der Waals surface area (Å²) in [6.07, 6.45) is 3.92. The maximum absolute atomic E-state index is 12.9. The molecular formula is C21H27FN4O2S. The van der Waals surface area contributed by atoms with E-state index in [4.69, 9.17) is 9.72 Å². The van der Waals surface area contributed by atoms with Gasteiger partial charge < -0.3 is 14.5 Å². The number of ether oxygens (including phenoxy) is 1. The first-order valence-corrected chi connectivity index (χ1v) is 11.1. The number of carbonyl (C=O) groups excluding carboxylic acids is 1. The van der Waals surface area contributed by atoms with E-state index in [1.807, 2.05) is 4.90 Å². The molecule has 2 saturated heterocycles. The van der Waals surface area contributed by atoms with E-state index in [1.165, 1.54) is 56.6 Å². The van der Waals surface area contributed by atoms with Gasteiger partial charge in [-0.15, -0.1) is 11.3 Å². The van der Waals surface area contributed by atoms with Gasteiger partial charge in [-0.3, -0.25) is 9.69 Å². The summed E-state index contributed by atoms with van der Waals surface area (Å²) in [6.45, 7) is 6.14. The molecule has 0 bridgehead atoms. The van der Waals surface area contributed by atoms with Gasteiger partial charge in [0.05, 0.1) is 5.69 Å². The lowest BCUT2D eigenvalue weighted by molar-refractivity contribution is -0.133. The van der Waals surface area contributed by atoms with Crippen molar-refractivity contribution in [2.75, 3.05) is 50.8 Å². The summed E-state index contributed by atoms with van der Waals surface area (Å²) in [5.74, 6) is 0.141. The number of likely N-dealkylation sites (tertiary alicyclic amines) is 1. The first-order valence-electron chi connectivity index (χ1n) is 10.3. The predicted molar refractivity (Wildman–Crippen MR) is 112 cm³/mol. The highest BCUT2D eigenvalue weighted by atomic mass is 32.1. The van der Waals surface area contributed by atoms with E-state index in [0.717, 1.165) is 30.5 Å². The van der Waals surface area contributed by atoms with Gasteiger partial charge in [-0.05, 0) is 50.2 Å². The molecule has 6 nitrogen and oxygen atoms in total. The normalized spacial score (nSPS) is 18.1. The number of hydrogen-bond acceptors (Lipinski definition) is 6. The molecule has 8 heteroatoms. The molecule has 29 heavy (non-hydrogen) atoms. The molecule has 0 N–H and O–H groups in total. The second-order valence-electron chi connectivity index (χ2n) is 7.57. The van der Waals surface area contributed by atoms with Crippen LogP contribution in [0.5, 0.6) is 5.75 Å². The van der Waals surface area contributed by atoms with Gasteiger partial charge in [0, 0.05) is 38.1 Å². The van der Waals surface area contributed by atoms with Crippen molar-refractivity contribution < 1.29 is 13.9 Å². The Morgan fingerprint density at radius 3 is 2.48 bits per heavy atom. The van der Waals surface area contributed by atoms with Gasteiger partial charge in [0.15, 0.2) is 11.7 Å². The van der Waals surface area contributed by atoms with E-state index >= 15 is 0 Å². The summed E-state index contributed by atoms with van der Waals surface area (Å²) in [5.41, 5.74) is 1.15. The molecule has 2 aliphatic rings. The van der Waals surface area contributed by atoms with Crippen LogP contribution in [-0.2, 0) is 11.3 Å². The second-order valence-corrected chi connectivity index (χ2v) is 8.41. The van der Waals surface area contributed by atoms with Crippen LogP contribution in [0.25, 0.3) is 0 Å². The van der Waals surface area contributed by atoms with Crippen LogP contribution in [-0.4, -0.2) is 66.6 Å². The fourth-order valence-corrected chi connectivity index (χ4v) is 4.65. The molecule has 2 aromatic rings. The number of piperazine rings is 1. The topological polar surface area (TPSA) is 48.9 Å². The summed E-state index contributed by atoms with van der Waals surface area (Å²) in [4.78, 5) is 23.8. The highest BCUT2D eigenvalue weighted by molar-refractivity contribution is 7.13. The molecule has 0 atom stereocenters. The molecule has 0 spiro atoms. The number of thiazole rings is 1. The van der Waals surface area contributed by atoms with Crippen molar-refractivity contribution in [2.24, 2.45) is 0 Å². The quantitative estimate of drug-likeness (QED) is 0.722. The molecule has 1 aromatic carbocycles. The zero-order valence-electron chi connectivity index (χ0n) is 16.6. The number of carbonyl (C=O) groups is 1. The number of anilines is 1. The number of hydrogen-bond donors (Lipinski definition) is 0. The van der Waals surface area contributed by atoms with Crippen molar-refractivity contribution in [3.05, 3.63) is 41.2 Å². The molecule has 0 aliphatic carbocycles. The SMILES string of the molecule is O=C(COc1ccc(F)cc1)N1CCN(c2nc(CN3CCCCC3)cs2)CC1. The summed E-state index contributed by atoms with van der Waals surface area (Å²) in [7, 11) is 0. The molecule has 1 amide bonds. The lowest BCUT2D eigenvalue weighted by Gasteiger charge is -2.34. The molecule has 2 aliphatic heterocycles. The molecule has 2 fully saturated rings. The van der Waals surface area contributed by atoms with Crippen molar-refractivity contribution >= 4 is 22.4 Å². The van der Waals surface area contributed by atoms with Crippen LogP contribution in [0.4, 0.5) is 9.52 Å². The zero-order valence-corrected chi connectivity index (χ0v) is 17.4. The Balaban J connectivity index is 1.22. The monoisotopic (exact) mass is 418 g/mol. The van der Waals surface area contributed by atoms with Crippen LogP contribution >= 0.6 is 11.3 Å². The van der Waals surface area contributed by atoms with E-state index in [0.29, 0.717) is 18.8 Å². The third-order valence-corrected chi connectivity index (χ3v) is 6.40. The fraction of sp³-hybridized carbons (Fsp3) is 0.524. The van der Waals surface area contributed by atoms with Crippen LogP contribution in [0.15, 0.2) is 29.6 Å². The van der Waals surface area contributed by atoms with Crippen LogP contribution in [0, 0.1) is 5.82 Å². The number of amides is 1. The number of aromatic nitrogens is 1. The minimum Gasteiger partial charge on any atom is -0.484 e. The van der Waals surface area contributed by atoms with Gasteiger partial charge in [0.2, 0.25) is 0 Å². The molecular weight excluding hydrogens is 391 g/mol. The summed E-state index contributed by atoms with van der Waals surface area (Å²) in [5, 5.41) is 3.21. The Labute approximate surface area is 174 Å². The minimum absolute atomic E-state index is 0.0249. The number of benzene rings is 1. The first-order chi connectivity index (χ1) is 14.2. The van der Waals surface area contributed by atoms with Gasteiger partial charge >= 0.3 is 0 Å². The summed E-state index contributed by atoms with van der Waals surface area (Å²) >= 11 is 1.69. The van der Waals surface area contributed by atoms with Crippen molar-refractivity contribution in [2.45, 2.75) is 25.8 Å². The first kappa shape index (κ1) is 20.1. The molecule has 0 unspecified atom stereocenters. The number of rotatable bonds is 6. The number of piperidine rings is 1. The standard InChI is InChI=1S/C21H27FN4O2S/c22-17-4-6-19(7-5-17)28-15-20(27)25-10-12-26(13-11-25)21-23-18(16-29-21)14-24-8-2-1-3-9-24/h4-7,16H,1-3,8-15H2. The van der Waals surface area contributed by atoms with E-state index in [1.54, 1.807) is 11.3 Å². The Morgan fingerprint density at radius 1 is 1.03 bits per heavy atom. The molecule has 0 saturated carbocycles. The van der Waals surface area contributed by atoms with E-state index in [2.05, 4.69) is 15.2 Å². The largest absolute Gasteiger partial charge is 0.484 e. The second kappa shape index (κ2) is 9.54. The van der Waals surface area contributed by atoms with Gasteiger partial charge in [0.1, 0.15) is 11.6 Å². The lowest BCUT2D eigenvalue weighted by atomic mass is 10.1. The highest BCUT2D eigenvalue weighted by Crippen LogP contribution is 2.23. The van der Waals surface area contributed by atoms with Gasteiger partial charge in [0.25, 0.3) is 5.91 Å². The Kier molecular flexibility index (Phi) is 6.61. The predicted octanol–water partition coefficient (Wildman–Crippen LogP) is 3.00. The van der Waals surface area contributed by atoms with Gasteiger partial charge in [-0.25, -0.2) is 9.37 Å². The van der Waals surface area contributed by atoms with Crippen LogP contribution in [0.2, 0.25) is 0 Å². The van der Waals surface area contributed by atoms with E-state index in [9.17, 15) is 9.18 Å². The summed E-state index contributed by atoms with van der Waals surface area (Å²) in [6, 6.07) is 5.72. The molecule has 156 valence electrons. The Hall–Kier alpha value is -2.19. The molecule has 3 heterocycles. The van der Waals surface area contributed by atoms with Crippen LogP contribution in [0.3, 0.4) is 0 Å². The molecule has 1 aromatic heterocycles. The number of nitrogens with zero attached hydrogens (tertiary/aromatic N) is 4. The van der Waals surface area contributed by atoms with Gasteiger partial charge in [-0.1, -0.05) is 6.42 Å². The van der Waals surface area contributed by atoms with E-state index in [-0.39, 0.29) is 18.3 Å². The summed E-state index contributed by atoms with van der Waals surface area (Å²) < 4.78 is 18.4. The molecule has 0 radical (unpaired) electrons. The highest BCUT2D eigenvalue weighted by Gasteiger charge is 2.23. The van der Waals surface area contributed by atoms with Crippen LogP contribution in [0.1, 0.15) is 25.0 Å². The smallest absolute Gasteiger partial charge is 0.260 e. The third-order valence-electron chi connectivity index (χ3n) is 5.45. The minimum atomic E-state index is -0.318. The number of halogens is 1. The average Bonchev–Trinajstić information content (AvgIpc) is 3.22. The fourth-order valence-electron chi connectivity index (χ4n) is 3.78. The maximum Gasteiger partial charge on any atom is 0.260 e. The van der Waals surface area contributed by atoms with Crippen molar-refractivity contribution in [3.63, 3.8) is 0 Å².